The molecule has 47 heavy (non-hydrogen) atoms. The second kappa shape index (κ2) is 10.1. The lowest BCUT2D eigenvalue weighted by Crippen LogP contribution is -2.09. The Labute approximate surface area is 270 Å². The molecule has 0 N–H and O–H groups in total. The molecule has 3 heteroatoms. The van der Waals surface area contributed by atoms with Gasteiger partial charge in [-0.15, -0.1) is 0 Å². The Morgan fingerprint density at radius 3 is 1.85 bits per heavy atom. The number of rotatable bonds is 4. The normalized spacial score (nSPS) is 11.8. The third-order valence-electron chi connectivity index (χ3n) is 9.44. The Hall–Kier alpha value is -6.32. The van der Waals surface area contributed by atoms with E-state index in [1.54, 1.807) is 0 Å². The standard InChI is InChI=1S/C44H27NO2/c1-2-12-30(13-3-1)45(32-21-23-37-39-22-20-28-10-4-5-15-34(28)43(39)47-42(37)27-32)31-14-8-11-29(26-31)33-17-9-18-38-35(33)24-25-40-36-16-6-7-19-41(36)46-44(38)40/h1-27H. The molecule has 2 aromatic heterocycles. The molecule has 0 spiro atoms. The zero-order valence-corrected chi connectivity index (χ0v) is 25.4. The molecule has 0 atom stereocenters. The molecular weight excluding hydrogens is 574 g/mol. The van der Waals surface area contributed by atoms with Gasteiger partial charge < -0.3 is 13.7 Å². The molecular formula is C44H27NO2. The molecule has 0 saturated carbocycles. The van der Waals surface area contributed by atoms with Crippen molar-refractivity contribution in [1.29, 1.82) is 0 Å². The third-order valence-corrected chi connectivity index (χ3v) is 9.44. The molecule has 3 nitrogen and oxygen atoms in total. The summed E-state index contributed by atoms with van der Waals surface area (Å²) in [7, 11) is 0. The first-order valence-electron chi connectivity index (χ1n) is 15.9. The van der Waals surface area contributed by atoms with E-state index in [0.717, 1.165) is 77.3 Å². The van der Waals surface area contributed by atoms with Crippen LogP contribution in [0.15, 0.2) is 173 Å². The maximum absolute atomic E-state index is 6.59. The summed E-state index contributed by atoms with van der Waals surface area (Å²) < 4.78 is 13.0. The molecule has 10 aromatic rings. The van der Waals surface area contributed by atoms with Gasteiger partial charge in [-0.1, -0.05) is 103 Å². The highest BCUT2D eigenvalue weighted by Gasteiger charge is 2.18. The van der Waals surface area contributed by atoms with Crippen molar-refractivity contribution in [3.63, 3.8) is 0 Å². The van der Waals surface area contributed by atoms with Crippen molar-refractivity contribution in [2.24, 2.45) is 0 Å². The molecule has 0 amide bonds. The number of anilines is 3. The topological polar surface area (TPSA) is 29.5 Å². The quantitative estimate of drug-likeness (QED) is 0.201. The fraction of sp³-hybridized carbons (Fsp3) is 0. The van der Waals surface area contributed by atoms with E-state index in [0.29, 0.717) is 0 Å². The van der Waals surface area contributed by atoms with Crippen LogP contribution in [0.25, 0.3) is 76.5 Å². The molecule has 220 valence electrons. The number of furan rings is 2. The van der Waals surface area contributed by atoms with Crippen LogP contribution >= 0.6 is 0 Å². The monoisotopic (exact) mass is 601 g/mol. The minimum atomic E-state index is 0.870. The largest absolute Gasteiger partial charge is 0.455 e. The second-order valence-electron chi connectivity index (χ2n) is 12.1. The van der Waals surface area contributed by atoms with Gasteiger partial charge in [0.2, 0.25) is 0 Å². The van der Waals surface area contributed by atoms with Crippen molar-refractivity contribution in [2.75, 3.05) is 4.90 Å². The van der Waals surface area contributed by atoms with Crippen molar-refractivity contribution in [1.82, 2.24) is 0 Å². The Morgan fingerprint density at radius 2 is 0.936 bits per heavy atom. The lowest BCUT2D eigenvalue weighted by Gasteiger charge is -2.26. The van der Waals surface area contributed by atoms with E-state index < -0.39 is 0 Å². The van der Waals surface area contributed by atoms with Gasteiger partial charge in [-0.3, -0.25) is 0 Å². The summed E-state index contributed by atoms with van der Waals surface area (Å²) in [4.78, 5) is 2.30. The van der Waals surface area contributed by atoms with Gasteiger partial charge in [0.1, 0.15) is 22.3 Å². The first kappa shape index (κ1) is 26.0. The van der Waals surface area contributed by atoms with E-state index >= 15 is 0 Å². The Balaban J connectivity index is 1.14. The highest BCUT2D eigenvalue weighted by molar-refractivity contribution is 6.18. The Kier molecular flexibility index (Phi) is 5.57. The second-order valence-corrected chi connectivity index (χ2v) is 12.1. The van der Waals surface area contributed by atoms with Gasteiger partial charge in [0.15, 0.2) is 0 Å². The number of hydrogen-bond acceptors (Lipinski definition) is 3. The van der Waals surface area contributed by atoms with Crippen molar-refractivity contribution in [3.05, 3.63) is 164 Å². The SMILES string of the molecule is c1ccc(N(c2cccc(-c3cccc4c3ccc3c5ccccc5oc43)c2)c2ccc3c(c2)oc2c4ccccc4ccc32)cc1. The van der Waals surface area contributed by atoms with Crippen LogP contribution in [-0.4, -0.2) is 0 Å². The number of nitrogens with zero attached hydrogens (tertiary/aromatic N) is 1. The summed E-state index contributed by atoms with van der Waals surface area (Å²) >= 11 is 0. The highest BCUT2D eigenvalue weighted by Crippen LogP contribution is 2.42. The van der Waals surface area contributed by atoms with Crippen LogP contribution in [0, 0.1) is 0 Å². The van der Waals surface area contributed by atoms with E-state index in [1.807, 2.05) is 12.1 Å². The molecule has 0 radical (unpaired) electrons. The van der Waals surface area contributed by atoms with Crippen molar-refractivity contribution in [2.45, 2.75) is 0 Å². The van der Waals surface area contributed by atoms with Crippen molar-refractivity contribution >= 4 is 82.5 Å². The average Bonchev–Trinajstić information content (AvgIpc) is 3.71. The maximum Gasteiger partial charge on any atom is 0.143 e. The summed E-state index contributed by atoms with van der Waals surface area (Å²) in [5.41, 5.74) is 9.12. The van der Waals surface area contributed by atoms with Crippen LogP contribution in [0.4, 0.5) is 17.1 Å². The molecule has 0 aliphatic rings. The van der Waals surface area contributed by atoms with Crippen LogP contribution in [0.2, 0.25) is 0 Å². The number of para-hydroxylation sites is 2. The average molecular weight is 602 g/mol. The van der Waals surface area contributed by atoms with E-state index in [1.165, 1.54) is 16.3 Å². The van der Waals surface area contributed by atoms with Crippen LogP contribution in [-0.2, 0) is 0 Å². The minimum Gasteiger partial charge on any atom is -0.455 e. The zero-order valence-electron chi connectivity index (χ0n) is 25.4. The minimum absolute atomic E-state index is 0.870. The van der Waals surface area contributed by atoms with Gasteiger partial charge >= 0.3 is 0 Å². The van der Waals surface area contributed by atoms with E-state index in [4.69, 9.17) is 8.83 Å². The lowest BCUT2D eigenvalue weighted by atomic mass is 9.96. The van der Waals surface area contributed by atoms with Gasteiger partial charge in [-0.05, 0) is 76.5 Å². The number of hydrogen-bond donors (Lipinski definition) is 0. The van der Waals surface area contributed by atoms with Crippen molar-refractivity contribution in [3.8, 4) is 11.1 Å². The van der Waals surface area contributed by atoms with Crippen LogP contribution in [0.3, 0.4) is 0 Å². The van der Waals surface area contributed by atoms with Crippen LogP contribution in [0.1, 0.15) is 0 Å². The van der Waals surface area contributed by atoms with Gasteiger partial charge in [-0.2, -0.15) is 0 Å². The highest BCUT2D eigenvalue weighted by atomic mass is 16.3. The molecule has 0 unspecified atom stereocenters. The summed E-state index contributed by atoms with van der Waals surface area (Å²) in [6.45, 7) is 0. The Morgan fingerprint density at radius 1 is 0.340 bits per heavy atom. The summed E-state index contributed by atoms with van der Waals surface area (Å²) in [5.74, 6) is 0. The Bertz CT molecular complexity index is 2810. The summed E-state index contributed by atoms with van der Waals surface area (Å²) in [6, 6.07) is 57.8. The fourth-order valence-corrected chi connectivity index (χ4v) is 7.26. The van der Waals surface area contributed by atoms with Gasteiger partial charge in [0, 0.05) is 55.4 Å². The molecule has 0 aliphatic heterocycles. The molecule has 0 aliphatic carbocycles. The fourth-order valence-electron chi connectivity index (χ4n) is 7.26. The lowest BCUT2D eigenvalue weighted by molar-refractivity contribution is 0.672. The number of benzene rings is 8. The van der Waals surface area contributed by atoms with E-state index in [-0.39, 0.29) is 0 Å². The number of fused-ring (bicyclic) bond motifs is 10. The first-order valence-corrected chi connectivity index (χ1v) is 15.9. The third kappa shape index (κ3) is 4.00. The summed E-state index contributed by atoms with van der Waals surface area (Å²) in [5, 5.41) is 9.12. The van der Waals surface area contributed by atoms with Crippen LogP contribution in [0.5, 0.6) is 0 Å². The smallest absolute Gasteiger partial charge is 0.143 e. The van der Waals surface area contributed by atoms with Crippen molar-refractivity contribution < 1.29 is 8.83 Å². The van der Waals surface area contributed by atoms with E-state index in [2.05, 4.69) is 157 Å². The molecule has 0 bridgehead atoms. The van der Waals surface area contributed by atoms with Gasteiger partial charge in [0.05, 0.1) is 0 Å². The summed E-state index contributed by atoms with van der Waals surface area (Å²) in [6.07, 6.45) is 0. The van der Waals surface area contributed by atoms with Gasteiger partial charge in [-0.25, -0.2) is 0 Å². The van der Waals surface area contributed by atoms with E-state index in [9.17, 15) is 0 Å². The predicted molar refractivity (Wildman–Crippen MR) is 196 cm³/mol. The zero-order chi connectivity index (χ0) is 30.9. The van der Waals surface area contributed by atoms with Crippen LogP contribution < -0.4 is 4.90 Å². The molecule has 2 heterocycles. The maximum atomic E-state index is 6.59. The first-order chi connectivity index (χ1) is 23.3. The predicted octanol–water partition coefficient (Wildman–Crippen LogP) is 12.9. The molecule has 8 aromatic carbocycles. The molecule has 0 fully saturated rings. The molecule has 0 saturated heterocycles. The molecule has 10 rings (SSSR count). The van der Waals surface area contributed by atoms with Gasteiger partial charge in [0.25, 0.3) is 0 Å².